The van der Waals surface area contributed by atoms with E-state index < -0.39 is 9.84 Å². The first-order chi connectivity index (χ1) is 11.7. The summed E-state index contributed by atoms with van der Waals surface area (Å²) in [6.07, 6.45) is 1.18. The van der Waals surface area contributed by atoms with E-state index in [9.17, 15) is 13.2 Å². The Kier molecular flexibility index (Phi) is 6.30. The lowest BCUT2D eigenvalue weighted by Crippen LogP contribution is -2.33. The van der Waals surface area contributed by atoms with Gasteiger partial charge in [-0.05, 0) is 50.6 Å². The van der Waals surface area contributed by atoms with E-state index >= 15 is 0 Å². The van der Waals surface area contributed by atoms with Gasteiger partial charge in [0.05, 0.1) is 16.2 Å². The zero-order valence-electron chi connectivity index (χ0n) is 14.8. The summed E-state index contributed by atoms with van der Waals surface area (Å²) in [6.45, 7) is 5.79. The van der Waals surface area contributed by atoms with E-state index in [1.54, 1.807) is 24.3 Å². The van der Waals surface area contributed by atoms with Gasteiger partial charge >= 0.3 is 0 Å². The van der Waals surface area contributed by atoms with E-state index in [0.717, 1.165) is 10.5 Å². The second kappa shape index (κ2) is 8.06. The standard InChI is InChI=1S/C19H23NO3S2/c1-13-5-9-17(10-6-13)24-15(3)19(21)20-14(2)16-7-11-18(12-8-16)25(4,22)23/h5-12,14-15H,1-4H3,(H,20,21). The molecule has 0 aromatic heterocycles. The average Bonchev–Trinajstić information content (AvgIpc) is 2.56. The highest BCUT2D eigenvalue weighted by atomic mass is 32.2. The number of nitrogens with one attached hydrogen (secondary N) is 1. The van der Waals surface area contributed by atoms with Gasteiger partial charge in [0.2, 0.25) is 5.91 Å². The molecule has 25 heavy (non-hydrogen) atoms. The van der Waals surface area contributed by atoms with Crippen LogP contribution in [0.25, 0.3) is 0 Å². The van der Waals surface area contributed by atoms with Crippen LogP contribution in [0.4, 0.5) is 0 Å². The number of amides is 1. The highest BCUT2D eigenvalue weighted by Gasteiger charge is 2.17. The van der Waals surface area contributed by atoms with Gasteiger partial charge in [-0.3, -0.25) is 4.79 Å². The molecule has 0 radical (unpaired) electrons. The summed E-state index contributed by atoms with van der Waals surface area (Å²) in [7, 11) is -3.21. The van der Waals surface area contributed by atoms with Gasteiger partial charge in [0.15, 0.2) is 9.84 Å². The largest absolute Gasteiger partial charge is 0.349 e. The predicted octanol–water partition coefficient (Wildman–Crippen LogP) is 3.76. The Bertz CT molecular complexity index is 828. The van der Waals surface area contributed by atoms with Gasteiger partial charge in [-0.1, -0.05) is 29.8 Å². The number of benzene rings is 2. The summed E-state index contributed by atoms with van der Waals surface area (Å²) in [5.41, 5.74) is 2.06. The fourth-order valence-electron chi connectivity index (χ4n) is 2.29. The van der Waals surface area contributed by atoms with Gasteiger partial charge in [0, 0.05) is 11.2 Å². The molecule has 4 nitrogen and oxygen atoms in total. The van der Waals surface area contributed by atoms with E-state index in [1.165, 1.54) is 23.6 Å². The Morgan fingerprint density at radius 2 is 1.56 bits per heavy atom. The van der Waals surface area contributed by atoms with Gasteiger partial charge in [-0.25, -0.2) is 8.42 Å². The molecule has 0 aliphatic carbocycles. The lowest BCUT2D eigenvalue weighted by atomic mass is 10.1. The first kappa shape index (κ1) is 19.5. The average molecular weight is 378 g/mol. The first-order valence-corrected chi connectivity index (χ1v) is 10.8. The van der Waals surface area contributed by atoms with E-state index in [2.05, 4.69) is 5.32 Å². The Labute approximate surface area is 154 Å². The van der Waals surface area contributed by atoms with Crippen molar-refractivity contribution in [2.75, 3.05) is 6.26 Å². The van der Waals surface area contributed by atoms with Gasteiger partial charge < -0.3 is 5.32 Å². The van der Waals surface area contributed by atoms with Crippen LogP contribution in [-0.4, -0.2) is 25.8 Å². The summed E-state index contributed by atoms with van der Waals surface area (Å²) < 4.78 is 23.0. The minimum atomic E-state index is -3.21. The third-order valence-corrected chi connectivity index (χ3v) is 6.11. The SMILES string of the molecule is Cc1ccc(SC(C)C(=O)NC(C)c2ccc(S(C)(=O)=O)cc2)cc1. The van der Waals surface area contributed by atoms with Crippen LogP contribution in [-0.2, 0) is 14.6 Å². The quantitative estimate of drug-likeness (QED) is 0.779. The van der Waals surface area contributed by atoms with Crippen molar-refractivity contribution in [3.63, 3.8) is 0 Å². The highest BCUT2D eigenvalue weighted by Crippen LogP contribution is 2.24. The summed E-state index contributed by atoms with van der Waals surface area (Å²) >= 11 is 1.51. The van der Waals surface area contributed by atoms with E-state index in [4.69, 9.17) is 0 Å². The molecule has 0 saturated carbocycles. The molecule has 0 fully saturated rings. The molecule has 0 saturated heterocycles. The number of carbonyl (C=O) groups excluding carboxylic acids is 1. The van der Waals surface area contributed by atoms with Crippen LogP contribution in [0, 0.1) is 6.92 Å². The molecule has 1 amide bonds. The second-order valence-electron chi connectivity index (χ2n) is 6.14. The van der Waals surface area contributed by atoms with E-state index in [0.29, 0.717) is 0 Å². The van der Waals surface area contributed by atoms with Crippen LogP contribution in [0.15, 0.2) is 58.3 Å². The fraction of sp³-hybridized carbons (Fsp3) is 0.316. The highest BCUT2D eigenvalue weighted by molar-refractivity contribution is 8.00. The number of carbonyl (C=O) groups is 1. The van der Waals surface area contributed by atoms with Crippen molar-refractivity contribution >= 4 is 27.5 Å². The fourth-order valence-corrected chi connectivity index (χ4v) is 3.80. The lowest BCUT2D eigenvalue weighted by molar-refractivity contribution is -0.120. The molecule has 134 valence electrons. The van der Waals surface area contributed by atoms with Crippen LogP contribution in [0.1, 0.15) is 31.0 Å². The van der Waals surface area contributed by atoms with Crippen molar-refractivity contribution in [1.82, 2.24) is 5.32 Å². The van der Waals surface area contributed by atoms with Crippen LogP contribution >= 0.6 is 11.8 Å². The molecule has 6 heteroatoms. The molecule has 2 rings (SSSR count). The molecule has 2 unspecified atom stereocenters. The summed E-state index contributed by atoms with van der Waals surface area (Å²) in [5, 5.41) is 2.75. The monoisotopic (exact) mass is 377 g/mol. The number of hydrogen-bond acceptors (Lipinski definition) is 4. The number of rotatable bonds is 6. The minimum absolute atomic E-state index is 0.0507. The van der Waals surface area contributed by atoms with Crippen molar-refractivity contribution in [3.05, 3.63) is 59.7 Å². The van der Waals surface area contributed by atoms with E-state index in [-0.39, 0.29) is 22.1 Å². The Hall–Kier alpha value is -1.79. The molecule has 2 atom stereocenters. The molecule has 0 heterocycles. The molecule has 2 aromatic carbocycles. The first-order valence-electron chi connectivity index (χ1n) is 8.00. The van der Waals surface area contributed by atoms with Crippen molar-refractivity contribution < 1.29 is 13.2 Å². The third-order valence-electron chi connectivity index (χ3n) is 3.87. The Balaban J connectivity index is 1.97. The van der Waals surface area contributed by atoms with Crippen molar-refractivity contribution in [1.29, 1.82) is 0 Å². The zero-order chi connectivity index (χ0) is 18.6. The van der Waals surface area contributed by atoms with Crippen molar-refractivity contribution in [2.24, 2.45) is 0 Å². The third kappa shape index (κ3) is 5.61. The topological polar surface area (TPSA) is 63.2 Å². The summed E-state index contributed by atoms with van der Waals surface area (Å²) in [6, 6.07) is 14.5. The van der Waals surface area contributed by atoms with Gasteiger partial charge in [-0.15, -0.1) is 11.8 Å². The number of thioether (sulfide) groups is 1. The molecule has 0 aliphatic heterocycles. The summed E-state index contributed by atoms with van der Waals surface area (Å²) in [5.74, 6) is -0.0507. The molecule has 0 aliphatic rings. The van der Waals surface area contributed by atoms with Gasteiger partial charge in [-0.2, -0.15) is 0 Å². The molecule has 0 spiro atoms. The van der Waals surface area contributed by atoms with Crippen LogP contribution < -0.4 is 5.32 Å². The van der Waals surface area contributed by atoms with E-state index in [1.807, 2.05) is 45.0 Å². The Morgan fingerprint density at radius 1 is 1.00 bits per heavy atom. The predicted molar refractivity (Wildman–Crippen MR) is 103 cm³/mol. The zero-order valence-corrected chi connectivity index (χ0v) is 16.4. The molecule has 2 aromatic rings. The van der Waals surface area contributed by atoms with Crippen molar-refractivity contribution in [2.45, 2.75) is 41.9 Å². The van der Waals surface area contributed by atoms with Gasteiger partial charge in [0.1, 0.15) is 0 Å². The molecule has 0 bridgehead atoms. The normalized spacial score (nSPS) is 13.9. The van der Waals surface area contributed by atoms with Crippen LogP contribution in [0.5, 0.6) is 0 Å². The van der Waals surface area contributed by atoms with Crippen LogP contribution in [0.3, 0.4) is 0 Å². The smallest absolute Gasteiger partial charge is 0.233 e. The second-order valence-corrected chi connectivity index (χ2v) is 9.57. The maximum absolute atomic E-state index is 12.4. The number of sulfone groups is 1. The van der Waals surface area contributed by atoms with Crippen molar-refractivity contribution in [3.8, 4) is 0 Å². The number of hydrogen-bond donors (Lipinski definition) is 1. The minimum Gasteiger partial charge on any atom is -0.349 e. The Morgan fingerprint density at radius 3 is 2.08 bits per heavy atom. The maximum Gasteiger partial charge on any atom is 0.233 e. The molecule has 1 N–H and O–H groups in total. The lowest BCUT2D eigenvalue weighted by Gasteiger charge is -2.18. The summed E-state index contributed by atoms with van der Waals surface area (Å²) in [4.78, 5) is 13.7. The van der Waals surface area contributed by atoms with Crippen LogP contribution in [0.2, 0.25) is 0 Å². The molecular weight excluding hydrogens is 354 g/mol. The maximum atomic E-state index is 12.4. The van der Waals surface area contributed by atoms with Gasteiger partial charge in [0.25, 0.3) is 0 Å². The molecular formula is C19H23NO3S2. The number of aryl methyl sites for hydroxylation is 1.